The first-order chi connectivity index (χ1) is 10.0. The third-order valence-corrected chi connectivity index (χ3v) is 3.73. The number of aryl methyl sites for hydroxylation is 1. The van der Waals surface area contributed by atoms with E-state index in [1.54, 1.807) is 19.0 Å². The van der Waals surface area contributed by atoms with Crippen LogP contribution in [0.2, 0.25) is 0 Å². The number of nitrogens with zero attached hydrogens (tertiary/aromatic N) is 4. The van der Waals surface area contributed by atoms with E-state index in [0.29, 0.717) is 6.61 Å². The Morgan fingerprint density at radius 2 is 2.38 bits per heavy atom. The van der Waals surface area contributed by atoms with E-state index in [1.165, 1.54) is 5.69 Å². The van der Waals surface area contributed by atoms with Gasteiger partial charge in [-0.15, -0.1) is 6.58 Å². The third kappa shape index (κ3) is 3.71. The fourth-order valence-electron chi connectivity index (χ4n) is 2.68. The maximum atomic E-state index is 11.6. The lowest BCUT2D eigenvalue weighted by Crippen LogP contribution is -2.37. The average molecular weight is 292 g/mol. The van der Waals surface area contributed by atoms with Crippen LogP contribution in [-0.4, -0.2) is 65.7 Å². The molecular formula is C15H24N4O2. The Morgan fingerprint density at radius 1 is 1.62 bits per heavy atom. The van der Waals surface area contributed by atoms with Gasteiger partial charge in [0.05, 0.1) is 18.6 Å². The number of rotatable bonds is 6. The summed E-state index contributed by atoms with van der Waals surface area (Å²) in [5.74, 6) is 0.218. The number of likely N-dealkylation sites (N-methyl/N-ethyl adjacent to an activating group) is 1. The maximum absolute atomic E-state index is 11.6. The Hall–Kier alpha value is -1.66. The highest BCUT2D eigenvalue weighted by molar-refractivity contribution is 5.76. The van der Waals surface area contributed by atoms with Crippen LogP contribution < -0.4 is 0 Å². The number of fused-ring (bicyclic) bond motifs is 1. The molecule has 6 nitrogen and oxygen atoms in total. The van der Waals surface area contributed by atoms with Gasteiger partial charge in [0.2, 0.25) is 5.91 Å². The second-order valence-electron chi connectivity index (χ2n) is 5.67. The molecule has 1 aliphatic rings. The van der Waals surface area contributed by atoms with E-state index >= 15 is 0 Å². The first-order valence-electron chi connectivity index (χ1n) is 7.14. The largest absolute Gasteiger partial charge is 0.371 e. The molecule has 0 aromatic carbocycles. The quantitative estimate of drug-likeness (QED) is 0.721. The number of amides is 1. The van der Waals surface area contributed by atoms with E-state index in [2.05, 4.69) is 21.0 Å². The molecule has 0 fully saturated rings. The predicted octanol–water partition coefficient (Wildman–Crippen LogP) is 0.610. The van der Waals surface area contributed by atoms with Crippen LogP contribution in [0.15, 0.2) is 19.0 Å². The summed E-state index contributed by atoms with van der Waals surface area (Å²) in [5, 5.41) is 0. The first-order valence-corrected chi connectivity index (χ1v) is 7.14. The number of ether oxygens (including phenoxy) is 1. The van der Waals surface area contributed by atoms with Gasteiger partial charge in [-0.25, -0.2) is 4.98 Å². The Morgan fingerprint density at radius 3 is 3.05 bits per heavy atom. The van der Waals surface area contributed by atoms with Gasteiger partial charge >= 0.3 is 0 Å². The van der Waals surface area contributed by atoms with Crippen molar-refractivity contribution in [2.45, 2.75) is 12.5 Å². The van der Waals surface area contributed by atoms with Crippen molar-refractivity contribution in [1.29, 1.82) is 0 Å². The molecule has 0 saturated heterocycles. The highest BCUT2D eigenvalue weighted by atomic mass is 16.5. The lowest BCUT2D eigenvalue weighted by molar-refractivity contribution is -0.133. The second-order valence-corrected chi connectivity index (χ2v) is 5.67. The van der Waals surface area contributed by atoms with Crippen LogP contribution in [0.4, 0.5) is 0 Å². The molecule has 0 saturated carbocycles. The Balaban J connectivity index is 2.01. The van der Waals surface area contributed by atoms with Crippen molar-refractivity contribution >= 4 is 5.91 Å². The standard InChI is InChI=1S/C15H24N4O2/c1-5-6-19-7-12(9-21-10-14(20)17(2)3)15-13(8-19)16-11-18(15)4/h5,11-12H,1,6-10H2,2-4H3. The van der Waals surface area contributed by atoms with Gasteiger partial charge in [0, 0.05) is 52.4 Å². The summed E-state index contributed by atoms with van der Waals surface area (Å²) in [5.41, 5.74) is 2.31. The van der Waals surface area contributed by atoms with Gasteiger partial charge in [-0.3, -0.25) is 9.69 Å². The van der Waals surface area contributed by atoms with Gasteiger partial charge in [-0.05, 0) is 0 Å². The van der Waals surface area contributed by atoms with Crippen LogP contribution in [0.3, 0.4) is 0 Å². The molecule has 1 aliphatic heterocycles. The molecule has 0 bridgehead atoms. The summed E-state index contributed by atoms with van der Waals surface area (Å²) < 4.78 is 7.68. The average Bonchev–Trinajstić information content (AvgIpc) is 2.80. The van der Waals surface area contributed by atoms with Crippen molar-refractivity contribution in [2.75, 3.05) is 40.4 Å². The molecule has 2 heterocycles. The van der Waals surface area contributed by atoms with Crippen LogP contribution in [0.25, 0.3) is 0 Å². The van der Waals surface area contributed by atoms with Crippen molar-refractivity contribution in [1.82, 2.24) is 19.4 Å². The van der Waals surface area contributed by atoms with E-state index < -0.39 is 0 Å². The first kappa shape index (κ1) is 15.7. The molecule has 1 aromatic rings. The molecule has 1 amide bonds. The predicted molar refractivity (Wildman–Crippen MR) is 80.9 cm³/mol. The second kappa shape index (κ2) is 6.87. The monoisotopic (exact) mass is 292 g/mol. The topological polar surface area (TPSA) is 50.6 Å². The van der Waals surface area contributed by atoms with Crippen molar-refractivity contribution in [2.24, 2.45) is 7.05 Å². The zero-order chi connectivity index (χ0) is 15.4. The van der Waals surface area contributed by atoms with Gasteiger partial charge in [0.15, 0.2) is 0 Å². The fourth-order valence-corrected chi connectivity index (χ4v) is 2.68. The number of hydrogen-bond acceptors (Lipinski definition) is 4. The minimum atomic E-state index is -0.0148. The summed E-state index contributed by atoms with van der Waals surface area (Å²) in [6.45, 7) is 7.02. The molecule has 0 N–H and O–H groups in total. The SMILES string of the molecule is C=CCN1Cc2ncn(C)c2C(COCC(=O)N(C)C)C1. The van der Waals surface area contributed by atoms with E-state index in [1.807, 2.05) is 19.5 Å². The zero-order valence-electron chi connectivity index (χ0n) is 13.1. The van der Waals surface area contributed by atoms with Crippen LogP contribution >= 0.6 is 0 Å². The molecule has 0 aliphatic carbocycles. The number of aromatic nitrogens is 2. The number of carbonyl (C=O) groups excluding carboxylic acids is 1. The normalized spacial score (nSPS) is 18.3. The molecule has 1 unspecified atom stereocenters. The van der Waals surface area contributed by atoms with E-state index in [0.717, 1.165) is 25.3 Å². The number of imidazole rings is 1. The molecule has 1 aromatic heterocycles. The Kier molecular flexibility index (Phi) is 5.14. The third-order valence-electron chi connectivity index (χ3n) is 3.73. The molecule has 116 valence electrons. The molecule has 2 rings (SSSR count). The van der Waals surface area contributed by atoms with E-state index in [4.69, 9.17) is 4.74 Å². The van der Waals surface area contributed by atoms with Gasteiger partial charge < -0.3 is 14.2 Å². The molecular weight excluding hydrogens is 268 g/mol. The highest BCUT2D eigenvalue weighted by Gasteiger charge is 2.28. The minimum Gasteiger partial charge on any atom is -0.371 e. The summed E-state index contributed by atoms with van der Waals surface area (Å²) in [6.07, 6.45) is 3.75. The van der Waals surface area contributed by atoms with Crippen molar-refractivity contribution in [3.8, 4) is 0 Å². The van der Waals surface area contributed by atoms with Gasteiger partial charge in [0.25, 0.3) is 0 Å². The van der Waals surface area contributed by atoms with Crippen molar-refractivity contribution in [3.63, 3.8) is 0 Å². The zero-order valence-corrected chi connectivity index (χ0v) is 13.1. The number of carbonyl (C=O) groups is 1. The molecule has 21 heavy (non-hydrogen) atoms. The van der Waals surface area contributed by atoms with E-state index in [-0.39, 0.29) is 18.4 Å². The molecule has 0 spiro atoms. The van der Waals surface area contributed by atoms with Gasteiger partial charge in [-0.2, -0.15) is 0 Å². The smallest absolute Gasteiger partial charge is 0.248 e. The van der Waals surface area contributed by atoms with Crippen molar-refractivity contribution in [3.05, 3.63) is 30.4 Å². The lowest BCUT2D eigenvalue weighted by atomic mass is 9.99. The van der Waals surface area contributed by atoms with Gasteiger partial charge in [-0.1, -0.05) is 6.08 Å². The summed E-state index contributed by atoms with van der Waals surface area (Å²) >= 11 is 0. The molecule has 0 radical (unpaired) electrons. The maximum Gasteiger partial charge on any atom is 0.248 e. The van der Waals surface area contributed by atoms with Crippen LogP contribution in [0.1, 0.15) is 17.3 Å². The van der Waals surface area contributed by atoms with Crippen LogP contribution in [0, 0.1) is 0 Å². The molecule has 1 atom stereocenters. The highest BCUT2D eigenvalue weighted by Crippen LogP contribution is 2.27. The summed E-state index contributed by atoms with van der Waals surface area (Å²) in [7, 11) is 5.47. The van der Waals surface area contributed by atoms with Gasteiger partial charge in [0.1, 0.15) is 6.61 Å². The minimum absolute atomic E-state index is 0.0148. The number of hydrogen-bond donors (Lipinski definition) is 0. The van der Waals surface area contributed by atoms with E-state index in [9.17, 15) is 4.79 Å². The summed E-state index contributed by atoms with van der Waals surface area (Å²) in [4.78, 5) is 19.9. The molecule has 6 heteroatoms. The lowest BCUT2D eigenvalue weighted by Gasteiger charge is -2.32. The van der Waals surface area contributed by atoms with Crippen LogP contribution in [0.5, 0.6) is 0 Å². The Labute approximate surface area is 126 Å². The van der Waals surface area contributed by atoms with Crippen molar-refractivity contribution < 1.29 is 9.53 Å². The summed E-state index contributed by atoms with van der Waals surface area (Å²) in [6, 6.07) is 0. The fraction of sp³-hybridized carbons (Fsp3) is 0.600. The Bertz CT molecular complexity index is 510. The van der Waals surface area contributed by atoms with Crippen LogP contribution in [-0.2, 0) is 23.1 Å².